The average molecular weight is 446 g/mol. The fourth-order valence-electron chi connectivity index (χ4n) is 4.19. The van der Waals surface area contributed by atoms with E-state index in [1.54, 1.807) is 12.4 Å². The number of carbonyl (C=O) groups excluding carboxylic acids is 1. The molecule has 0 aromatic carbocycles. The van der Waals surface area contributed by atoms with Crippen LogP contribution in [-0.4, -0.2) is 86.0 Å². The van der Waals surface area contributed by atoms with Crippen LogP contribution in [-0.2, 0) is 16.1 Å². The number of tetrazole rings is 1. The van der Waals surface area contributed by atoms with Gasteiger partial charge in [0.25, 0.3) is 0 Å². The zero-order chi connectivity index (χ0) is 21.3. The molecule has 1 saturated carbocycles. The molecule has 168 valence electrons. The first-order chi connectivity index (χ1) is 15.3. The standard InChI is InChI=1S/C21H31N7O2S/c29-20(17-31-21-23-24-25-28(21)19-4-1-2-5-19)27(16-18-6-8-22-9-7-18)11-3-10-26-12-14-30-15-13-26/h6-9,19H,1-5,10-17H2. The Bertz CT molecular complexity index is 807. The lowest BCUT2D eigenvalue weighted by Crippen LogP contribution is -2.39. The number of morpholine rings is 1. The minimum atomic E-state index is 0.116. The van der Waals surface area contributed by atoms with Gasteiger partial charge in [0.15, 0.2) is 0 Å². The highest BCUT2D eigenvalue weighted by atomic mass is 32.2. The van der Waals surface area contributed by atoms with E-state index < -0.39 is 0 Å². The van der Waals surface area contributed by atoms with Crippen LogP contribution in [0.3, 0.4) is 0 Å². The molecule has 0 atom stereocenters. The van der Waals surface area contributed by atoms with Crippen molar-refractivity contribution in [2.45, 2.75) is 49.8 Å². The molecule has 0 spiro atoms. The number of amides is 1. The van der Waals surface area contributed by atoms with Crippen molar-refractivity contribution < 1.29 is 9.53 Å². The predicted octanol–water partition coefficient (Wildman–Crippen LogP) is 2.03. The summed E-state index contributed by atoms with van der Waals surface area (Å²) < 4.78 is 7.34. The van der Waals surface area contributed by atoms with Crippen LogP contribution in [0.25, 0.3) is 0 Å². The third kappa shape index (κ3) is 6.47. The molecule has 1 amide bonds. The predicted molar refractivity (Wildman–Crippen MR) is 118 cm³/mol. The molecular formula is C21H31N7O2S. The number of rotatable bonds is 10. The molecule has 3 heterocycles. The summed E-state index contributed by atoms with van der Waals surface area (Å²) in [4.78, 5) is 21.6. The van der Waals surface area contributed by atoms with E-state index in [4.69, 9.17) is 4.74 Å². The number of hydrogen-bond donors (Lipinski definition) is 0. The summed E-state index contributed by atoms with van der Waals surface area (Å²) in [6, 6.07) is 4.31. The molecule has 0 radical (unpaired) electrons. The van der Waals surface area contributed by atoms with Crippen LogP contribution in [0.5, 0.6) is 0 Å². The van der Waals surface area contributed by atoms with Gasteiger partial charge in [0, 0.05) is 45.1 Å². The normalized spacial score (nSPS) is 17.8. The molecule has 1 aliphatic carbocycles. The number of carbonyl (C=O) groups is 1. The van der Waals surface area contributed by atoms with Crippen molar-refractivity contribution in [3.8, 4) is 0 Å². The maximum absolute atomic E-state index is 13.1. The molecule has 9 nitrogen and oxygen atoms in total. The Balaban J connectivity index is 1.33. The molecule has 0 N–H and O–H groups in total. The van der Waals surface area contributed by atoms with Gasteiger partial charge in [-0.1, -0.05) is 24.6 Å². The van der Waals surface area contributed by atoms with E-state index in [1.165, 1.54) is 24.6 Å². The van der Waals surface area contributed by atoms with Gasteiger partial charge in [0.1, 0.15) is 0 Å². The van der Waals surface area contributed by atoms with Gasteiger partial charge < -0.3 is 9.64 Å². The molecule has 2 fully saturated rings. The van der Waals surface area contributed by atoms with Gasteiger partial charge >= 0.3 is 0 Å². The summed E-state index contributed by atoms with van der Waals surface area (Å²) in [7, 11) is 0. The van der Waals surface area contributed by atoms with E-state index in [2.05, 4.69) is 25.4 Å². The van der Waals surface area contributed by atoms with Crippen LogP contribution in [0.1, 0.15) is 43.7 Å². The van der Waals surface area contributed by atoms with Crippen LogP contribution in [0.2, 0.25) is 0 Å². The lowest BCUT2D eigenvalue weighted by Gasteiger charge is -2.28. The van der Waals surface area contributed by atoms with E-state index in [0.29, 0.717) is 18.3 Å². The van der Waals surface area contributed by atoms with Crippen molar-refractivity contribution in [2.75, 3.05) is 45.1 Å². The highest BCUT2D eigenvalue weighted by molar-refractivity contribution is 7.99. The van der Waals surface area contributed by atoms with E-state index in [0.717, 1.165) is 69.4 Å². The fourth-order valence-corrected chi connectivity index (χ4v) is 5.03. The summed E-state index contributed by atoms with van der Waals surface area (Å²) in [6.07, 6.45) is 9.16. The maximum atomic E-state index is 13.1. The second-order valence-corrected chi connectivity index (χ2v) is 9.05. The third-order valence-electron chi connectivity index (χ3n) is 5.94. The van der Waals surface area contributed by atoms with Gasteiger partial charge in [-0.2, -0.15) is 0 Å². The Kier molecular flexibility index (Phi) is 8.25. The van der Waals surface area contributed by atoms with E-state index in [-0.39, 0.29) is 5.91 Å². The quantitative estimate of drug-likeness (QED) is 0.513. The second kappa shape index (κ2) is 11.5. The second-order valence-electron chi connectivity index (χ2n) is 8.11. The lowest BCUT2D eigenvalue weighted by atomic mass is 10.2. The lowest BCUT2D eigenvalue weighted by molar-refractivity contribution is -0.129. The highest BCUT2D eigenvalue weighted by Gasteiger charge is 2.23. The highest BCUT2D eigenvalue weighted by Crippen LogP contribution is 2.31. The van der Waals surface area contributed by atoms with Crippen molar-refractivity contribution in [1.29, 1.82) is 0 Å². The van der Waals surface area contributed by atoms with Gasteiger partial charge in [-0.05, 0) is 47.4 Å². The molecule has 0 bridgehead atoms. The van der Waals surface area contributed by atoms with E-state index >= 15 is 0 Å². The summed E-state index contributed by atoms with van der Waals surface area (Å²) in [5, 5.41) is 12.9. The minimum absolute atomic E-state index is 0.116. The molecule has 1 saturated heterocycles. The summed E-state index contributed by atoms with van der Waals surface area (Å²) in [5.41, 5.74) is 1.09. The summed E-state index contributed by atoms with van der Waals surface area (Å²) >= 11 is 1.45. The zero-order valence-corrected chi connectivity index (χ0v) is 18.8. The summed E-state index contributed by atoms with van der Waals surface area (Å²) in [6.45, 7) is 5.84. The molecule has 31 heavy (non-hydrogen) atoms. The van der Waals surface area contributed by atoms with Crippen LogP contribution in [0, 0.1) is 0 Å². The first-order valence-electron chi connectivity index (χ1n) is 11.2. The van der Waals surface area contributed by atoms with Crippen molar-refractivity contribution in [1.82, 2.24) is 35.0 Å². The largest absolute Gasteiger partial charge is 0.379 e. The van der Waals surface area contributed by atoms with Crippen molar-refractivity contribution in [3.63, 3.8) is 0 Å². The van der Waals surface area contributed by atoms with Gasteiger partial charge in [0.2, 0.25) is 11.1 Å². The Labute approximate surface area is 187 Å². The zero-order valence-electron chi connectivity index (χ0n) is 17.9. The fraction of sp³-hybridized carbons (Fsp3) is 0.667. The van der Waals surface area contributed by atoms with Gasteiger partial charge in [-0.3, -0.25) is 14.7 Å². The first kappa shape index (κ1) is 22.2. The molecular weight excluding hydrogens is 414 g/mol. The van der Waals surface area contributed by atoms with Crippen LogP contribution >= 0.6 is 11.8 Å². The Morgan fingerprint density at radius 2 is 1.97 bits per heavy atom. The van der Waals surface area contributed by atoms with Gasteiger partial charge in [-0.25, -0.2) is 4.68 Å². The maximum Gasteiger partial charge on any atom is 0.233 e. The van der Waals surface area contributed by atoms with E-state index in [9.17, 15) is 4.79 Å². The number of hydrogen-bond acceptors (Lipinski definition) is 8. The Hall–Kier alpha value is -2.04. The smallest absolute Gasteiger partial charge is 0.233 e. The topological polar surface area (TPSA) is 89.3 Å². The molecule has 4 rings (SSSR count). The van der Waals surface area contributed by atoms with Crippen molar-refractivity contribution in [2.24, 2.45) is 0 Å². The average Bonchev–Trinajstić information content (AvgIpc) is 3.50. The third-order valence-corrected chi connectivity index (χ3v) is 6.86. The van der Waals surface area contributed by atoms with Gasteiger partial charge in [-0.15, -0.1) is 5.10 Å². The van der Waals surface area contributed by atoms with Crippen LogP contribution in [0.4, 0.5) is 0 Å². The Morgan fingerprint density at radius 1 is 1.19 bits per heavy atom. The number of pyridine rings is 1. The molecule has 10 heteroatoms. The molecule has 1 aliphatic heterocycles. The molecule has 2 aliphatic rings. The van der Waals surface area contributed by atoms with Crippen molar-refractivity contribution in [3.05, 3.63) is 30.1 Å². The van der Waals surface area contributed by atoms with Crippen LogP contribution < -0.4 is 0 Å². The van der Waals surface area contributed by atoms with E-state index in [1.807, 2.05) is 21.7 Å². The molecule has 2 aromatic heterocycles. The number of ether oxygens (including phenoxy) is 1. The van der Waals surface area contributed by atoms with Gasteiger partial charge in [0.05, 0.1) is 25.0 Å². The SMILES string of the molecule is O=C(CSc1nnnn1C1CCCC1)N(CCCN1CCOCC1)Cc1ccncc1. The number of nitrogens with zero attached hydrogens (tertiary/aromatic N) is 7. The molecule has 0 unspecified atom stereocenters. The number of thioether (sulfide) groups is 1. The summed E-state index contributed by atoms with van der Waals surface area (Å²) in [5.74, 6) is 0.459. The monoisotopic (exact) mass is 445 g/mol. The van der Waals surface area contributed by atoms with Crippen molar-refractivity contribution >= 4 is 17.7 Å². The van der Waals surface area contributed by atoms with Crippen LogP contribution in [0.15, 0.2) is 29.7 Å². The Morgan fingerprint density at radius 3 is 2.74 bits per heavy atom. The number of aromatic nitrogens is 5. The molecule has 2 aromatic rings. The first-order valence-corrected chi connectivity index (χ1v) is 12.2. The minimum Gasteiger partial charge on any atom is -0.379 e.